The van der Waals surface area contributed by atoms with Gasteiger partial charge in [0.15, 0.2) is 33.3 Å². The van der Waals surface area contributed by atoms with Gasteiger partial charge in [-0.25, -0.2) is 0 Å². The van der Waals surface area contributed by atoms with Crippen LogP contribution in [0.3, 0.4) is 0 Å². The Balaban J connectivity index is 1.97. The Bertz CT molecular complexity index is 221. The third-order valence-electron chi connectivity index (χ3n) is 2.61. The quantitative estimate of drug-likeness (QED) is 0.545. The molecule has 0 amide bonds. The summed E-state index contributed by atoms with van der Waals surface area (Å²) in [6.07, 6.45) is 0. The summed E-state index contributed by atoms with van der Waals surface area (Å²) in [6, 6.07) is 0. The maximum Gasteiger partial charge on any atom is 0.554 e. The van der Waals surface area contributed by atoms with Crippen LogP contribution >= 0.6 is 0 Å². The molecule has 2 saturated heterocycles. The molecule has 0 saturated carbocycles. The lowest BCUT2D eigenvalue weighted by Gasteiger charge is -2.17. The molecule has 4 atom stereocenters. The zero-order valence-corrected chi connectivity index (χ0v) is 16.4. The standard InChI is InChI=1S/C4H16O6Si6/c1-5-13-7-11(3)15(9-13)16-10-14(6-2)8-12(16)4/h11-12,15-16H,1-4H3. The van der Waals surface area contributed by atoms with E-state index in [2.05, 4.69) is 13.1 Å². The van der Waals surface area contributed by atoms with Gasteiger partial charge in [-0.1, -0.05) is 0 Å². The molecule has 2 rings (SSSR count). The molecule has 2 heterocycles. The lowest BCUT2D eigenvalue weighted by molar-refractivity contribution is 0.265. The number of hydrogen-bond acceptors (Lipinski definition) is 6. The third kappa shape index (κ3) is 2.72. The van der Waals surface area contributed by atoms with Crippen molar-refractivity contribution in [1.29, 1.82) is 0 Å². The van der Waals surface area contributed by atoms with Gasteiger partial charge >= 0.3 is 19.1 Å². The molecule has 0 spiro atoms. The van der Waals surface area contributed by atoms with Gasteiger partial charge < -0.3 is 25.3 Å². The predicted octanol–water partition coefficient (Wildman–Crippen LogP) is -2.27. The molecule has 0 aliphatic carbocycles. The van der Waals surface area contributed by atoms with Gasteiger partial charge in [-0.05, 0) is 13.1 Å². The van der Waals surface area contributed by atoms with Gasteiger partial charge in [-0.2, -0.15) is 0 Å². The normalized spacial score (nSPS) is 42.0. The first-order valence-electron chi connectivity index (χ1n) is 5.14. The summed E-state index contributed by atoms with van der Waals surface area (Å²) in [4.78, 5) is 0. The Labute approximate surface area is 105 Å². The average Bonchev–Trinajstić information content (AvgIpc) is 2.81. The van der Waals surface area contributed by atoms with Crippen LogP contribution in [0.5, 0.6) is 0 Å². The molecule has 0 aromatic rings. The van der Waals surface area contributed by atoms with Crippen molar-refractivity contribution >= 4 is 52.3 Å². The second-order valence-corrected chi connectivity index (χ2v) is 32.1. The van der Waals surface area contributed by atoms with E-state index in [1.807, 2.05) is 0 Å². The average molecular weight is 329 g/mol. The van der Waals surface area contributed by atoms with Gasteiger partial charge in [0, 0.05) is 14.2 Å². The largest absolute Gasteiger partial charge is 0.554 e. The molecule has 0 N–H and O–H groups in total. The van der Waals surface area contributed by atoms with Crippen molar-refractivity contribution in [3.63, 3.8) is 0 Å². The SMILES string of the molecule is CO[Si]1O[SiH](C)[SiH]([SiH]2O[Si](OC)O[SiH]2C)O1. The van der Waals surface area contributed by atoms with Crippen LogP contribution in [-0.4, -0.2) is 66.5 Å². The first-order valence-corrected chi connectivity index (χ1v) is 19.8. The van der Waals surface area contributed by atoms with Crippen LogP contribution in [0.4, 0.5) is 0 Å². The second kappa shape index (κ2) is 5.80. The highest BCUT2D eigenvalue weighted by Crippen LogP contribution is 2.20. The van der Waals surface area contributed by atoms with Crippen LogP contribution in [0, 0.1) is 0 Å². The van der Waals surface area contributed by atoms with E-state index in [9.17, 15) is 0 Å². The van der Waals surface area contributed by atoms with Gasteiger partial charge in [0.05, 0.1) is 0 Å². The number of hydrogen-bond donors (Lipinski definition) is 0. The highest BCUT2D eigenvalue weighted by molar-refractivity contribution is 7.62. The van der Waals surface area contributed by atoms with Crippen molar-refractivity contribution in [2.75, 3.05) is 14.2 Å². The van der Waals surface area contributed by atoms with Gasteiger partial charge in [-0.15, -0.1) is 0 Å². The molecular formula is C4H16O6Si6. The summed E-state index contributed by atoms with van der Waals surface area (Å²) < 4.78 is 34.0. The fraction of sp³-hybridized carbons (Fsp3) is 1.00. The van der Waals surface area contributed by atoms with E-state index in [1.54, 1.807) is 14.2 Å². The highest BCUT2D eigenvalue weighted by Gasteiger charge is 2.53. The summed E-state index contributed by atoms with van der Waals surface area (Å²) in [7, 11) is -4.43. The van der Waals surface area contributed by atoms with Crippen LogP contribution in [0.1, 0.15) is 0 Å². The van der Waals surface area contributed by atoms with Crippen molar-refractivity contribution in [3.05, 3.63) is 0 Å². The van der Waals surface area contributed by atoms with Crippen molar-refractivity contribution in [2.45, 2.75) is 13.1 Å². The van der Waals surface area contributed by atoms with Crippen LogP contribution in [0.25, 0.3) is 0 Å². The van der Waals surface area contributed by atoms with E-state index in [1.165, 1.54) is 0 Å². The summed E-state index contributed by atoms with van der Waals surface area (Å²) >= 11 is 0. The summed E-state index contributed by atoms with van der Waals surface area (Å²) in [6.45, 7) is 4.42. The van der Waals surface area contributed by atoms with E-state index < -0.39 is 52.3 Å². The predicted molar refractivity (Wildman–Crippen MR) is 70.2 cm³/mol. The fourth-order valence-electron chi connectivity index (χ4n) is 1.77. The van der Waals surface area contributed by atoms with Crippen LogP contribution in [0.15, 0.2) is 0 Å². The number of rotatable bonds is 3. The van der Waals surface area contributed by atoms with Crippen molar-refractivity contribution < 1.29 is 25.3 Å². The molecule has 2 aliphatic rings. The Morgan fingerprint density at radius 3 is 1.38 bits per heavy atom. The minimum atomic E-state index is -1.42. The minimum absolute atomic E-state index is 1.18. The van der Waals surface area contributed by atoms with E-state index in [0.29, 0.717) is 0 Å². The Morgan fingerprint density at radius 2 is 1.12 bits per heavy atom. The third-order valence-corrected chi connectivity index (χ3v) is 49.4. The summed E-state index contributed by atoms with van der Waals surface area (Å²) in [5.74, 6) is 0. The topological polar surface area (TPSA) is 55.4 Å². The van der Waals surface area contributed by atoms with Crippen LogP contribution in [0.2, 0.25) is 13.1 Å². The molecule has 6 nitrogen and oxygen atoms in total. The van der Waals surface area contributed by atoms with Gasteiger partial charge in [0.1, 0.15) is 0 Å². The van der Waals surface area contributed by atoms with Gasteiger partial charge in [0.25, 0.3) is 0 Å². The molecule has 92 valence electrons. The van der Waals surface area contributed by atoms with Gasteiger partial charge in [0.2, 0.25) is 0 Å². The van der Waals surface area contributed by atoms with Crippen LogP contribution in [-0.2, 0) is 25.3 Å². The van der Waals surface area contributed by atoms with Crippen molar-refractivity contribution in [1.82, 2.24) is 0 Å². The molecule has 2 radical (unpaired) electrons. The lowest BCUT2D eigenvalue weighted by atomic mass is 11.8. The molecule has 2 aliphatic heterocycles. The lowest BCUT2D eigenvalue weighted by Crippen LogP contribution is -2.53. The Kier molecular flexibility index (Phi) is 4.89. The first kappa shape index (κ1) is 13.5. The summed E-state index contributed by atoms with van der Waals surface area (Å²) in [5, 5.41) is 0. The second-order valence-electron chi connectivity index (χ2n) is 3.72. The Hall–Kier alpha value is 1.06. The highest BCUT2D eigenvalue weighted by atomic mass is 29.8. The summed E-state index contributed by atoms with van der Waals surface area (Å²) in [5.41, 5.74) is 0. The van der Waals surface area contributed by atoms with Crippen molar-refractivity contribution in [2.24, 2.45) is 0 Å². The zero-order valence-electron chi connectivity index (χ0n) is 9.76. The fourth-order valence-corrected chi connectivity index (χ4v) is 66.2. The van der Waals surface area contributed by atoms with E-state index in [-0.39, 0.29) is 0 Å². The zero-order chi connectivity index (χ0) is 11.7. The molecule has 0 aromatic heterocycles. The maximum absolute atomic E-state index is 5.98. The maximum atomic E-state index is 5.98. The van der Waals surface area contributed by atoms with E-state index in [4.69, 9.17) is 25.3 Å². The molecule has 16 heavy (non-hydrogen) atoms. The van der Waals surface area contributed by atoms with Crippen LogP contribution < -0.4 is 0 Å². The molecule has 4 unspecified atom stereocenters. The molecule has 12 heteroatoms. The Morgan fingerprint density at radius 1 is 0.750 bits per heavy atom. The van der Waals surface area contributed by atoms with Gasteiger partial charge in [-0.3, -0.25) is 0 Å². The first-order chi connectivity index (χ1) is 7.65. The van der Waals surface area contributed by atoms with E-state index in [0.717, 1.165) is 0 Å². The van der Waals surface area contributed by atoms with E-state index >= 15 is 0 Å². The van der Waals surface area contributed by atoms with Crippen molar-refractivity contribution in [3.8, 4) is 0 Å². The smallest absolute Gasteiger partial charge is 0.417 e. The monoisotopic (exact) mass is 328 g/mol. The molecule has 2 fully saturated rings. The minimum Gasteiger partial charge on any atom is -0.417 e. The molecule has 0 bridgehead atoms. The molecule has 0 aromatic carbocycles. The molecular weight excluding hydrogens is 313 g/mol.